The lowest BCUT2D eigenvalue weighted by molar-refractivity contribution is 0.647. The first-order valence-corrected chi connectivity index (χ1v) is 6.59. The summed E-state index contributed by atoms with van der Waals surface area (Å²) in [6.45, 7) is 2.00. The topological polar surface area (TPSA) is 50.7 Å². The highest BCUT2D eigenvalue weighted by Crippen LogP contribution is 2.22. The molecular formula is C16H16N4. The van der Waals surface area contributed by atoms with Crippen LogP contribution in [0.2, 0.25) is 0 Å². The van der Waals surface area contributed by atoms with E-state index >= 15 is 0 Å². The number of aryl methyl sites for hydroxylation is 1. The van der Waals surface area contributed by atoms with Crippen LogP contribution in [-0.2, 0) is 0 Å². The number of benzene rings is 1. The van der Waals surface area contributed by atoms with E-state index in [0.717, 1.165) is 28.0 Å². The molecule has 0 bridgehead atoms. The molecule has 0 fully saturated rings. The third kappa shape index (κ3) is 2.38. The van der Waals surface area contributed by atoms with Gasteiger partial charge in [-0.1, -0.05) is 12.1 Å². The van der Waals surface area contributed by atoms with Gasteiger partial charge in [-0.25, -0.2) is 9.97 Å². The summed E-state index contributed by atoms with van der Waals surface area (Å²) in [6, 6.07) is 12.2. The van der Waals surface area contributed by atoms with Crippen molar-refractivity contribution < 1.29 is 0 Å². The van der Waals surface area contributed by atoms with Crippen molar-refractivity contribution in [2.45, 2.75) is 13.0 Å². The fourth-order valence-corrected chi connectivity index (χ4v) is 2.33. The van der Waals surface area contributed by atoms with Gasteiger partial charge in [-0.3, -0.25) is 4.98 Å². The van der Waals surface area contributed by atoms with Crippen LogP contribution in [0.5, 0.6) is 0 Å². The number of aromatic nitrogens is 3. The van der Waals surface area contributed by atoms with Crippen LogP contribution in [-0.4, -0.2) is 22.0 Å². The largest absolute Gasteiger partial charge is 0.307 e. The quantitative estimate of drug-likeness (QED) is 0.790. The maximum Gasteiger partial charge on any atom is 0.149 e. The van der Waals surface area contributed by atoms with Crippen LogP contribution in [0.3, 0.4) is 0 Å². The predicted molar refractivity (Wildman–Crippen MR) is 79.4 cm³/mol. The third-order valence-corrected chi connectivity index (χ3v) is 3.32. The Hall–Kier alpha value is -2.33. The van der Waals surface area contributed by atoms with Crippen LogP contribution < -0.4 is 5.32 Å². The van der Waals surface area contributed by atoms with Gasteiger partial charge in [-0.15, -0.1) is 0 Å². The van der Waals surface area contributed by atoms with Crippen molar-refractivity contribution in [3.05, 3.63) is 65.9 Å². The van der Waals surface area contributed by atoms with Gasteiger partial charge in [0, 0.05) is 23.5 Å². The third-order valence-electron chi connectivity index (χ3n) is 3.32. The Balaban J connectivity index is 2.06. The molecule has 1 N–H and O–H groups in total. The summed E-state index contributed by atoms with van der Waals surface area (Å²) in [5.41, 5.74) is 3.18. The average Bonchev–Trinajstić information content (AvgIpc) is 2.49. The second kappa shape index (κ2) is 5.35. The molecule has 0 aliphatic rings. The van der Waals surface area contributed by atoms with Gasteiger partial charge in [0.15, 0.2) is 0 Å². The number of nitrogens with zero attached hydrogens (tertiary/aromatic N) is 3. The Morgan fingerprint density at radius 2 is 1.85 bits per heavy atom. The van der Waals surface area contributed by atoms with Crippen molar-refractivity contribution in [1.82, 2.24) is 20.3 Å². The van der Waals surface area contributed by atoms with Crippen molar-refractivity contribution in [1.29, 1.82) is 0 Å². The zero-order valence-electron chi connectivity index (χ0n) is 11.5. The number of pyridine rings is 1. The fourth-order valence-electron chi connectivity index (χ4n) is 2.33. The minimum atomic E-state index is -0.0121. The van der Waals surface area contributed by atoms with E-state index in [4.69, 9.17) is 0 Å². The van der Waals surface area contributed by atoms with E-state index in [1.165, 1.54) is 0 Å². The SMILES string of the molecule is CNC(c1ccc2nc(C)ccc2c1)c1ncccn1. The molecule has 1 aromatic carbocycles. The Labute approximate surface area is 117 Å². The maximum atomic E-state index is 4.52. The predicted octanol–water partition coefficient (Wildman–Crippen LogP) is 2.64. The van der Waals surface area contributed by atoms with Gasteiger partial charge in [-0.05, 0) is 43.8 Å². The minimum Gasteiger partial charge on any atom is -0.307 e. The van der Waals surface area contributed by atoms with Gasteiger partial charge in [0.2, 0.25) is 0 Å². The van der Waals surface area contributed by atoms with Gasteiger partial charge in [0.25, 0.3) is 0 Å². The molecule has 0 aliphatic carbocycles. The van der Waals surface area contributed by atoms with E-state index in [9.17, 15) is 0 Å². The van der Waals surface area contributed by atoms with Crippen LogP contribution >= 0.6 is 0 Å². The first kappa shape index (κ1) is 12.7. The highest BCUT2D eigenvalue weighted by Gasteiger charge is 2.14. The molecule has 0 aliphatic heterocycles. The van der Waals surface area contributed by atoms with Crippen molar-refractivity contribution in [3.63, 3.8) is 0 Å². The van der Waals surface area contributed by atoms with Crippen LogP contribution in [0.4, 0.5) is 0 Å². The molecule has 0 radical (unpaired) electrons. The average molecular weight is 264 g/mol. The molecule has 20 heavy (non-hydrogen) atoms. The number of hydrogen-bond donors (Lipinski definition) is 1. The lowest BCUT2D eigenvalue weighted by Gasteiger charge is -2.15. The zero-order chi connectivity index (χ0) is 13.9. The van der Waals surface area contributed by atoms with Crippen molar-refractivity contribution in [2.75, 3.05) is 7.05 Å². The van der Waals surface area contributed by atoms with Crippen molar-refractivity contribution in [3.8, 4) is 0 Å². The van der Waals surface area contributed by atoms with E-state index in [1.54, 1.807) is 12.4 Å². The van der Waals surface area contributed by atoms with Crippen LogP contribution in [0.1, 0.15) is 23.1 Å². The molecule has 1 unspecified atom stereocenters. The summed E-state index contributed by atoms with van der Waals surface area (Å²) in [7, 11) is 1.92. The molecule has 0 saturated heterocycles. The Morgan fingerprint density at radius 1 is 1.05 bits per heavy atom. The van der Waals surface area contributed by atoms with E-state index in [1.807, 2.05) is 32.2 Å². The molecule has 4 heteroatoms. The number of rotatable bonds is 3. The molecule has 0 saturated carbocycles. The molecule has 4 nitrogen and oxygen atoms in total. The number of hydrogen-bond acceptors (Lipinski definition) is 4. The second-order valence-electron chi connectivity index (χ2n) is 4.73. The molecule has 2 heterocycles. The first-order valence-electron chi connectivity index (χ1n) is 6.59. The summed E-state index contributed by atoms with van der Waals surface area (Å²) in [5.74, 6) is 0.773. The van der Waals surface area contributed by atoms with Gasteiger partial charge in [0.1, 0.15) is 5.82 Å². The lowest BCUT2D eigenvalue weighted by atomic mass is 10.0. The smallest absolute Gasteiger partial charge is 0.149 e. The lowest BCUT2D eigenvalue weighted by Crippen LogP contribution is -2.20. The van der Waals surface area contributed by atoms with Gasteiger partial charge in [-0.2, -0.15) is 0 Å². The van der Waals surface area contributed by atoms with Gasteiger partial charge < -0.3 is 5.32 Å². The Kier molecular flexibility index (Phi) is 3.39. The molecular weight excluding hydrogens is 248 g/mol. The maximum absolute atomic E-state index is 4.52. The van der Waals surface area contributed by atoms with Crippen LogP contribution in [0.25, 0.3) is 10.9 Å². The van der Waals surface area contributed by atoms with Gasteiger partial charge in [0.05, 0.1) is 11.6 Å². The number of fused-ring (bicyclic) bond motifs is 1. The monoisotopic (exact) mass is 264 g/mol. The molecule has 3 rings (SSSR count). The van der Waals surface area contributed by atoms with E-state index < -0.39 is 0 Å². The van der Waals surface area contributed by atoms with Gasteiger partial charge >= 0.3 is 0 Å². The van der Waals surface area contributed by atoms with Crippen LogP contribution in [0.15, 0.2) is 48.8 Å². The fraction of sp³-hybridized carbons (Fsp3) is 0.188. The van der Waals surface area contributed by atoms with E-state index in [0.29, 0.717) is 0 Å². The standard InChI is InChI=1S/C16H16N4/c1-11-4-5-12-10-13(6-7-14(12)20-11)15(17-2)16-18-8-3-9-19-16/h3-10,15,17H,1-2H3. The molecule has 1 atom stereocenters. The van der Waals surface area contributed by atoms with Crippen LogP contribution in [0, 0.1) is 6.92 Å². The second-order valence-corrected chi connectivity index (χ2v) is 4.73. The summed E-state index contributed by atoms with van der Waals surface area (Å²) >= 11 is 0. The summed E-state index contributed by atoms with van der Waals surface area (Å²) in [6.07, 6.45) is 3.53. The summed E-state index contributed by atoms with van der Waals surface area (Å²) < 4.78 is 0. The summed E-state index contributed by atoms with van der Waals surface area (Å²) in [5, 5.41) is 4.39. The molecule has 0 spiro atoms. The Bertz CT molecular complexity index is 725. The molecule has 3 aromatic rings. The first-order chi connectivity index (χ1) is 9.78. The summed E-state index contributed by atoms with van der Waals surface area (Å²) in [4.78, 5) is 13.2. The Morgan fingerprint density at radius 3 is 2.60 bits per heavy atom. The molecule has 100 valence electrons. The van der Waals surface area contributed by atoms with E-state index in [-0.39, 0.29) is 6.04 Å². The highest BCUT2D eigenvalue weighted by atomic mass is 15.0. The minimum absolute atomic E-state index is 0.0121. The van der Waals surface area contributed by atoms with Crippen molar-refractivity contribution >= 4 is 10.9 Å². The normalized spacial score (nSPS) is 12.5. The molecule has 2 aromatic heterocycles. The van der Waals surface area contributed by atoms with Crippen molar-refractivity contribution in [2.24, 2.45) is 0 Å². The number of nitrogens with one attached hydrogen (secondary N) is 1. The highest BCUT2D eigenvalue weighted by molar-refractivity contribution is 5.79. The zero-order valence-corrected chi connectivity index (χ0v) is 11.5. The van der Waals surface area contributed by atoms with E-state index in [2.05, 4.69) is 38.5 Å². The molecule has 0 amide bonds.